The van der Waals surface area contributed by atoms with Gasteiger partial charge in [0.25, 0.3) is 5.91 Å². The molecule has 0 aromatic rings. The van der Waals surface area contributed by atoms with E-state index in [4.69, 9.17) is 0 Å². The Balaban J connectivity index is 2.15. The van der Waals surface area contributed by atoms with Crippen LogP contribution in [0.3, 0.4) is 0 Å². The molecule has 1 heterocycles. The predicted molar refractivity (Wildman–Crippen MR) is 108 cm³/mol. The molecule has 5 heteroatoms. The van der Waals surface area contributed by atoms with Crippen LogP contribution < -0.4 is 5.32 Å². The number of rotatable bonds is 4. The van der Waals surface area contributed by atoms with Gasteiger partial charge in [-0.15, -0.1) is 0 Å². The van der Waals surface area contributed by atoms with Crippen LogP contribution in [-0.4, -0.2) is 34.0 Å². The molecule has 0 aromatic heterocycles. The second kappa shape index (κ2) is 8.02. The van der Waals surface area contributed by atoms with Gasteiger partial charge in [0, 0.05) is 5.92 Å². The van der Waals surface area contributed by atoms with Crippen molar-refractivity contribution < 1.29 is 19.8 Å². The van der Waals surface area contributed by atoms with Crippen LogP contribution >= 0.6 is 0 Å². The van der Waals surface area contributed by atoms with Gasteiger partial charge in [-0.1, -0.05) is 45.3 Å². The lowest BCUT2D eigenvalue weighted by Gasteiger charge is -2.51. The number of nitrogens with one attached hydrogen (secondary N) is 1. The maximum absolute atomic E-state index is 12.6. The van der Waals surface area contributed by atoms with Gasteiger partial charge in [-0.25, -0.2) is 0 Å². The van der Waals surface area contributed by atoms with Crippen LogP contribution in [0.2, 0.25) is 0 Å². The van der Waals surface area contributed by atoms with Gasteiger partial charge in [0.1, 0.15) is 11.3 Å². The van der Waals surface area contributed by atoms with Gasteiger partial charge < -0.3 is 15.5 Å². The Morgan fingerprint density at radius 3 is 2.46 bits per heavy atom. The first-order valence-corrected chi connectivity index (χ1v) is 10.9. The summed E-state index contributed by atoms with van der Waals surface area (Å²) in [5.41, 5.74) is 1.17. The van der Waals surface area contributed by atoms with E-state index in [0.717, 1.165) is 25.7 Å². The fraction of sp³-hybridized carbons (Fsp3) is 0.739. The second-order valence-corrected chi connectivity index (χ2v) is 9.17. The Kier molecular flexibility index (Phi) is 6.04. The highest BCUT2D eigenvalue weighted by molar-refractivity contribution is 6.26. The lowest BCUT2D eigenvalue weighted by Crippen LogP contribution is -2.49. The Morgan fingerprint density at radius 2 is 1.93 bits per heavy atom. The number of ketones is 1. The minimum atomic E-state index is -0.593. The third-order valence-electron chi connectivity index (χ3n) is 7.42. The van der Waals surface area contributed by atoms with Crippen molar-refractivity contribution in [3.8, 4) is 0 Å². The smallest absolute Gasteiger partial charge is 0.259 e. The highest BCUT2D eigenvalue weighted by Crippen LogP contribution is 2.54. The van der Waals surface area contributed by atoms with Crippen molar-refractivity contribution in [2.24, 2.45) is 35.5 Å². The van der Waals surface area contributed by atoms with Crippen LogP contribution in [-0.2, 0) is 9.59 Å². The molecule has 0 aromatic carbocycles. The van der Waals surface area contributed by atoms with E-state index in [2.05, 4.69) is 39.1 Å². The highest BCUT2D eigenvalue weighted by Gasteiger charge is 2.51. The third-order valence-corrected chi connectivity index (χ3v) is 7.42. The van der Waals surface area contributed by atoms with E-state index in [1.807, 2.05) is 0 Å². The van der Waals surface area contributed by atoms with Crippen LogP contribution in [0.1, 0.15) is 60.3 Å². The molecule has 28 heavy (non-hydrogen) atoms. The summed E-state index contributed by atoms with van der Waals surface area (Å²) in [6.07, 6.45) is 5.44. The molecule has 3 N–H and O–H groups in total. The summed E-state index contributed by atoms with van der Waals surface area (Å²) in [4.78, 5) is 25.0. The van der Waals surface area contributed by atoms with Gasteiger partial charge in [-0.2, -0.15) is 0 Å². The summed E-state index contributed by atoms with van der Waals surface area (Å²) in [5, 5.41) is 24.9. The number of amides is 1. The number of carbonyl (C=O) groups is 2. The molecular weight excluding hydrogens is 354 g/mol. The number of carbonyl (C=O) groups excluding carboxylic acids is 2. The summed E-state index contributed by atoms with van der Waals surface area (Å²) in [6.45, 7) is 10.1. The second-order valence-electron chi connectivity index (χ2n) is 9.17. The molecule has 3 aliphatic rings. The van der Waals surface area contributed by atoms with Crippen LogP contribution in [0, 0.1) is 35.5 Å². The maximum atomic E-state index is 12.6. The summed E-state index contributed by atoms with van der Waals surface area (Å²) in [7, 11) is 0. The molecule has 8 unspecified atom stereocenters. The molecule has 1 aliphatic heterocycles. The van der Waals surface area contributed by atoms with Crippen molar-refractivity contribution in [3.05, 3.63) is 23.0 Å². The zero-order valence-electron chi connectivity index (χ0n) is 17.7. The van der Waals surface area contributed by atoms with Crippen molar-refractivity contribution in [2.75, 3.05) is 0 Å². The molecule has 0 bridgehead atoms. The zero-order chi connectivity index (χ0) is 20.7. The molecule has 5 nitrogen and oxygen atoms in total. The fourth-order valence-electron chi connectivity index (χ4n) is 6.09. The van der Waals surface area contributed by atoms with Crippen LogP contribution in [0.15, 0.2) is 23.0 Å². The van der Waals surface area contributed by atoms with Gasteiger partial charge in [0.15, 0.2) is 5.78 Å². The van der Waals surface area contributed by atoms with Crippen molar-refractivity contribution in [1.29, 1.82) is 0 Å². The Hall–Kier alpha value is -1.62. The first-order chi connectivity index (χ1) is 13.2. The summed E-state index contributed by atoms with van der Waals surface area (Å²) in [6, 6.07) is -0.593. The topological polar surface area (TPSA) is 86.6 Å². The molecule has 1 saturated carbocycles. The minimum Gasteiger partial charge on any atom is -0.511 e. The third kappa shape index (κ3) is 3.32. The average molecular weight is 390 g/mol. The largest absolute Gasteiger partial charge is 0.511 e. The summed E-state index contributed by atoms with van der Waals surface area (Å²) in [5.74, 6) is -0.505. The van der Waals surface area contributed by atoms with Gasteiger partial charge in [0.05, 0.1) is 12.1 Å². The Morgan fingerprint density at radius 1 is 1.25 bits per heavy atom. The van der Waals surface area contributed by atoms with Gasteiger partial charge in [0.2, 0.25) is 0 Å². The summed E-state index contributed by atoms with van der Waals surface area (Å²) >= 11 is 0. The van der Waals surface area contributed by atoms with Gasteiger partial charge in [-0.3, -0.25) is 9.59 Å². The number of hydrogen-bond acceptors (Lipinski definition) is 4. The van der Waals surface area contributed by atoms with E-state index >= 15 is 0 Å². The summed E-state index contributed by atoms with van der Waals surface area (Å²) < 4.78 is 0. The standard InChI is InChI=1S/C23H35NO4/c1-6-8-16-11(3)9-14-10-12(4)20(25)15(7-2)17(14)18(16)22(27)19-21(26)13(5)24-23(19)28/h9,12-18,20,25,27H,6-8,10H2,1-5H3,(H,24,28). The number of Topliss-reactive ketones (excluding diaryl/α,β-unsaturated/α-hetero) is 1. The lowest BCUT2D eigenvalue weighted by atomic mass is 9.54. The van der Waals surface area contributed by atoms with Crippen molar-refractivity contribution in [3.63, 3.8) is 0 Å². The number of aliphatic hydroxyl groups excluding tert-OH is 2. The van der Waals surface area contributed by atoms with E-state index in [-0.39, 0.29) is 52.6 Å². The zero-order valence-corrected chi connectivity index (χ0v) is 17.7. The van der Waals surface area contributed by atoms with Crippen LogP contribution in [0.5, 0.6) is 0 Å². The maximum Gasteiger partial charge on any atom is 0.259 e. The molecule has 156 valence electrons. The number of hydrogen-bond donors (Lipinski definition) is 3. The average Bonchev–Trinajstić information content (AvgIpc) is 2.89. The van der Waals surface area contributed by atoms with E-state index in [9.17, 15) is 19.8 Å². The molecule has 1 amide bonds. The van der Waals surface area contributed by atoms with E-state index in [1.165, 1.54) is 5.57 Å². The quantitative estimate of drug-likeness (QED) is 0.297. The van der Waals surface area contributed by atoms with E-state index < -0.39 is 18.1 Å². The Labute approximate surface area is 168 Å². The monoisotopic (exact) mass is 389 g/mol. The van der Waals surface area contributed by atoms with Gasteiger partial charge in [-0.05, 0) is 56.3 Å². The van der Waals surface area contributed by atoms with Gasteiger partial charge >= 0.3 is 0 Å². The van der Waals surface area contributed by atoms with Crippen LogP contribution in [0.4, 0.5) is 0 Å². The molecule has 2 aliphatic carbocycles. The predicted octanol–water partition coefficient (Wildman–Crippen LogP) is 3.54. The lowest BCUT2D eigenvalue weighted by molar-refractivity contribution is -0.117. The fourth-order valence-corrected chi connectivity index (χ4v) is 6.09. The molecule has 8 atom stereocenters. The van der Waals surface area contributed by atoms with Crippen LogP contribution in [0.25, 0.3) is 0 Å². The first kappa shape index (κ1) is 21.1. The van der Waals surface area contributed by atoms with E-state index in [1.54, 1.807) is 6.92 Å². The SMILES string of the molecule is CCCC1C(C)=CC2CC(C)C(O)C(CC)C2C1C(O)=C1C(=O)NC(C)C1=O. The molecule has 2 fully saturated rings. The number of allylic oxidation sites excluding steroid dienone is 3. The molecule has 1 saturated heterocycles. The molecule has 0 radical (unpaired) electrons. The normalized spacial score (nSPS) is 42.7. The molecular formula is C23H35NO4. The van der Waals surface area contributed by atoms with E-state index in [0.29, 0.717) is 0 Å². The first-order valence-electron chi connectivity index (χ1n) is 10.9. The van der Waals surface area contributed by atoms with Crippen molar-refractivity contribution in [1.82, 2.24) is 5.32 Å². The highest BCUT2D eigenvalue weighted by atomic mass is 16.3. The minimum absolute atomic E-state index is 0.0421. The molecule has 3 rings (SSSR count). The van der Waals surface area contributed by atoms with Crippen molar-refractivity contribution >= 4 is 11.7 Å². The number of fused-ring (bicyclic) bond motifs is 1. The van der Waals surface area contributed by atoms with Crippen molar-refractivity contribution in [2.45, 2.75) is 72.4 Å². The number of aliphatic hydroxyl groups is 2. The Bertz CT molecular complexity index is 709. The molecule has 0 spiro atoms.